The van der Waals surface area contributed by atoms with Crippen LogP contribution >= 0.6 is 0 Å². The third kappa shape index (κ3) is 3.85. The highest BCUT2D eigenvalue weighted by Gasteiger charge is 2.59. The first-order valence-corrected chi connectivity index (χ1v) is 12.5. The summed E-state index contributed by atoms with van der Waals surface area (Å²) in [6, 6.07) is 38.2. The number of hydrogen-bond donors (Lipinski definition) is 2. The Labute approximate surface area is 224 Å². The first kappa shape index (κ1) is 24.1. The van der Waals surface area contributed by atoms with Gasteiger partial charge in [0.2, 0.25) is 5.66 Å². The number of imidazole rings is 1. The van der Waals surface area contributed by atoms with Gasteiger partial charge in [0.25, 0.3) is 0 Å². The summed E-state index contributed by atoms with van der Waals surface area (Å²) >= 11 is 0. The zero-order chi connectivity index (χ0) is 26.7. The van der Waals surface area contributed by atoms with E-state index in [2.05, 4.69) is 56.8 Å². The molecule has 5 aromatic rings. The van der Waals surface area contributed by atoms with Gasteiger partial charge in [-0.3, -0.25) is 0 Å². The molecular formula is C31H24N6O2. The first-order chi connectivity index (χ1) is 19.2. The lowest BCUT2D eigenvalue weighted by Gasteiger charge is -2.45. The van der Waals surface area contributed by atoms with Crippen molar-refractivity contribution < 1.29 is 9.90 Å². The Hall–Kier alpha value is -5.24. The monoisotopic (exact) mass is 512 g/mol. The molecule has 39 heavy (non-hydrogen) atoms. The standard InChI is InChI=1S/C31H24N6O2/c38-29(39)28-27(32-21-33-28)20-22-12-10-11-19-26(22)31(34-36-37-35-31)30(23-13-4-1-5-14-23,24-15-6-2-7-16-24)25-17-8-3-9-18-25/h1-19,21H,20H2,(H,32,33)(H,38,39). The number of aromatic amines is 1. The predicted octanol–water partition coefficient (Wildman–Crippen LogP) is 6.72. The minimum absolute atomic E-state index is 0.0500. The molecule has 4 aromatic carbocycles. The first-order valence-electron chi connectivity index (χ1n) is 12.5. The molecule has 6 rings (SSSR count). The lowest BCUT2D eigenvalue weighted by atomic mass is 9.59. The van der Waals surface area contributed by atoms with Crippen LogP contribution < -0.4 is 0 Å². The SMILES string of the molecule is O=C(O)c1[nH]cnc1Cc1ccccc1C1(C(c2ccccc2)(c2ccccc2)c2ccccc2)N=NN=N1. The molecule has 0 unspecified atom stereocenters. The second-order valence-corrected chi connectivity index (χ2v) is 9.26. The summed E-state index contributed by atoms with van der Waals surface area (Å²) in [5.74, 6) is -1.07. The fraction of sp³-hybridized carbons (Fsp3) is 0.0968. The van der Waals surface area contributed by atoms with Crippen LogP contribution in [0, 0.1) is 0 Å². The Morgan fingerprint density at radius 2 is 1.21 bits per heavy atom. The van der Waals surface area contributed by atoms with E-state index in [1.54, 1.807) is 0 Å². The van der Waals surface area contributed by atoms with Crippen molar-refractivity contribution in [2.75, 3.05) is 0 Å². The van der Waals surface area contributed by atoms with Gasteiger partial charge in [0, 0.05) is 12.0 Å². The maximum Gasteiger partial charge on any atom is 0.354 e. The summed E-state index contributed by atoms with van der Waals surface area (Å²) in [6.45, 7) is 0. The molecule has 0 spiro atoms. The van der Waals surface area contributed by atoms with Crippen LogP contribution in [0.5, 0.6) is 0 Å². The van der Waals surface area contributed by atoms with Crippen molar-refractivity contribution in [3.05, 3.63) is 161 Å². The van der Waals surface area contributed by atoms with Crippen LogP contribution in [-0.2, 0) is 17.5 Å². The number of aromatic carboxylic acids is 1. The molecule has 2 N–H and O–H groups in total. The predicted molar refractivity (Wildman–Crippen MR) is 145 cm³/mol. The highest BCUT2D eigenvalue weighted by atomic mass is 16.4. The van der Waals surface area contributed by atoms with E-state index in [1.807, 2.05) is 78.9 Å². The molecule has 8 nitrogen and oxygen atoms in total. The van der Waals surface area contributed by atoms with Crippen LogP contribution in [0.15, 0.2) is 142 Å². The number of rotatable bonds is 8. The van der Waals surface area contributed by atoms with Crippen LogP contribution in [0.25, 0.3) is 0 Å². The zero-order valence-electron chi connectivity index (χ0n) is 20.8. The number of carbonyl (C=O) groups is 1. The fourth-order valence-electron chi connectivity index (χ4n) is 5.65. The maximum absolute atomic E-state index is 11.9. The minimum Gasteiger partial charge on any atom is -0.477 e. The van der Waals surface area contributed by atoms with Crippen LogP contribution in [0.4, 0.5) is 0 Å². The Morgan fingerprint density at radius 1 is 0.718 bits per heavy atom. The summed E-state index contributed by atoms with van der Waals surface area (Å²) in [5.41, 5.74) is 2.61. The summed E-state index contributed by atoms with van der Waals surface area (Å²) in [7, 11) is 0. The van der Waals surface area contributed by atoms with Gasteiger partial charge in [0.15, 0.2) is 0 Å². The lowest BCUT2D eigenvalue weighted by Crippen LogP contribution is -2.48. The van der Waals surface area contributed by atoms with Crippen molar-refractivity contribution in [1.82, 2.24) is 9.97 Å². The quantitative estimate of drug-likeness (QED) is 0.225. The Morgan fingerprint density at radius 3 is 1.72 bits per heavy atom. The molecule has 0 atom stereocenters. The van der Waals surface area contributed by atoms with E-state index in [-0.39, 0.29) is 12.1 Å². The topological polar surface area (TPSA) is 115 Å². The number of nitrogens with zero attached hydrogens (tertiary/aromatic N) is 5. The van der Waals surface area contributed by atoms with Gasteiger partial charge in [-0.1, -0.05) is 115 Å². The largest absolute Gasteiger partial charge is 0.477 e. The molecule has 0 saturated heterocycles. The minimum atomic E-state index is -1.34. The van der Waals surface area contributed by atoms with Crippen LogP contribution in [0.1, 0.15) is 44.0 Å². The lowest BCUT2D eigenvalue weighted by molar-refractivity contribution is 0.0690. The molecule has 2 heterocycles. The number of nitrogens with one attached hydrogen (secondary N) is 1. The van der Waals surface area contributed by atoms with Gasteiger partial charge < -0.3 is 10.1 Å². The highest BCUT2D eigenvalue weighted by molar-refractivity contribution is 5.86. The van der Waals surface area contributed by atoms with Crippen molar-refractivity contribution in [3.63, 3.8) is 0 Å². The van der Waals surface area contributed by atoms with Crippen molar-refractivity contribution in [2.45, 2.75) is 17.5 Å². The highest BCUT2D eigenvalue weighted by Crippen LogP contribution is 2.57. The zero-order valence-corrected chi connectivity index (χ0v) is 20.8. The third-order valence-corrected chi connectivity index (χ3v) is 7.24. The van der Waals surface area contributed by atoms with Crippen molar-refractivity contribution >= 4 is 5.97 Å². The Balaban J connectivity index is 1.70. The number of H-pyrrole nitrogens is 1. The number of hydrogen-bond acceptors (Lipinski definition) is 6. The maximum atomic E-state index is 11.9. The van der Waals surface area contributed by atoms with E-state index in [1.165, 1.54) is 6.33 Å². The smallest absolute Gasteiger partial charge is 0.354 e. The molecule has 8 heteroatoms. The van der Waals surface area contributed by atoms with Gasteiger partial charge in [-0.05, 0) is 32.7 Å². The number of aromatic nitrogens is 2. The van der Waals surface area contributed by atoms with Gasteiger partial charge in [0.1, 0.15) is 5.69 Å². The molecule has 0 amide bonds. The van der Waals surface area contributed by atoms with Gasteiger partial charge in [-0.2, -0.15) is 0 Å². The summed E-state index contributed by atoms with van der Waals surface area (Å²) in [5, 5.41) is 27.6. The van der Waals surface area contributed by atoms with E-state index in [0.717, 1.165) is 27.8 Å². The molecule has 1 aromatic heterocycles. The average molecular weight is 513 g/mol. The number of carboxylic acids is 1. The second-order valence-electron chi connectivity index (χ2n) is 9.26. The van der Waals surface area contributed by atoms with Crippen molar-refractivity contribution in [2.24, 2.45) is 20.7 Å². The molecule has 0 aliphatic carbocycles. The molecule has 1 aliphatic heterocycles. The van der Waals surface area contributed by atoms with Gasteiger partial charge >= 0.3 is 5.97 Å². The van der Waals surface area contributed by atoms with Crippen LogP contribution in [-0.4, -0.2) is 21.0 Å². The van der Waals surface area contributed by atoms with Crippen LogP contribution in [0.3, 0.4) is 0 Å². The van der Waals surface area contributed by atoms with E-state index in [0.29, 0.717) is 5.69 Å². The van der Waals surface area contributed by atoms with E-state index in [4.69, 9.17) is 10.2 Å². The average Bonchev–Trinajstić information content (AvgIpc) is 3.67. The Kier molecular flexibility index (Phi) is 6.13. The van der Waals surface area contributed by atoms with E-state index in [9.17, 15) is 9.90 Å². The molecule has 0 bridgehead atoms. The van der Waals surface area contributed by atoms with E-state index >= 15 is 0 Å². The third-order valence-electron chi connectivity index (χ3n) is 7.24. The summed E-state index contributed by atoms with van der Waals surface area (Å²) in [4.78, 5) is 18.9. The molecule has 0 fully saturated rings. The Bertz CT molecular complexity index is 1550. The van der Waals surface area contributed by atoms with Crippen molar-refractivity contribution in [1.29, 1.82) is 0 Å². The number of carboxylic acid groups (broad SMARTS) is 1. The van der Waals surface area contributed by atoms with Gasteiger partial charge in [0.05, 0.1) is 17.4 Å². The molecule has 0 saturated carbocycles. The molecule has 190 valence electrons. The summed E-state index contributed by atoms with van der Waals surface area (Å²) in [6.07, 6.45) is 1.65. The van der Waals surface area contributed by atoms with Crippen molar-refractivity contribution in [3.8, 4) is 0 Å². The number of benzene rings is 4. The molecule has 0 radical (unpaired) electrons. The molecular weight excluding hydrogens is 488 g/mol. The summed E-state index contributed by atoms with van der Waals surface area (Å²) < 4.78 is 0. The van der Waals surface area contributed by atoms with Crippen LogP contribution in [0.2, 0.25) is 0 Å². The fourth-order valence-corrected chi connectivity index (χ4v) is 5.65. The normalized spacial score (nSPS) is 13.9. The van der Waals surface area contributed by atoms with E-state index < -0.39 is 17.0 Å². The van der Waals surface area contributed by atoms with Gasteiger partial charge in [-0.15, -0.1) is 10.2 Å². The van der Waals surface area contributed by atoms with Gasteiger partial charge in [-0.25, -0.2) is 9.78 Å². The second kappa shape index (κ2) is 9.90. The molecule has 1 aliphatic rings.